The van der Waals surface area contributed by atoms with E-state index in [4.69, 9.17) is 5.84 Å². The summed E-state index contributed by atoms with van der Waals surface area (Å²) in [5, 5.41) is 0. The number of halogens is 2. The standard InChI is InChI=1S/C14H15F2N3/c1-8-5-9(2)13(11(15)6-8)14(19-17)10-3-4-18-7-12(10)16/h3-7,14,19H,17H2,1-2H3. The van der Waals surface area contributed by atoms with E-state index < -0.39 is 17.7 Å². The summed E-state index contributed by atoms with van der Waals surface area (Å²) in [5.41, 5.74) is 4.61. The summed E-state index contributed by atoms with van der Waals surface area (Å²) >= 11 is 0. The molecule has 0 aliphatic carbocycles. The lowest BCUT2D eigenvalue weighted by Gasteiger charge is -2.20. The Morgan fingerprint density at radius 3 is 2.53 bits per heavy atom. The second-order valence-corrected chi connectivity index (χ2v) is 4.47. The van der Waals surface area contributed by atoms with Gasteiger partial charge in [-0.2, -0.15) is 0 Å². The van der Waals surface area contributed by atoms with Crippen LogP contribution >= 0.6 is 0 Å². The van der Waals surface area contributed by atoms with Gasteiger partial charge in [-0.05, 0) is 37.1 Å². The Morgan fingerprint density at radius 1 is 1.21 bits per heavy atom. The maximum Gasteiger partial charge on any atom is 0.146 e. The second kappa shape index (κ2) is 5.42. The number of aromatic nitrogens is 1. The van der Waals surface area contributed by atoms with Gasteiger partial charge in [0.2, 0.25) is 0 Å². The zero-order valence-corrected chi connectivity index (χ0v) is 10.7. The molecule has 5 heteroatoms. The summed E-state index contributed by atoms with van der Waals surface area (Å²) in [4.78, 5) is 3.68. The number of benzene rings is 1. The summed E-state index contributed by atoms with van der Waals surface area (Å²) in [6.07, 6.45) is 2.53. The average Bonchev–Trinajstić information content (AvgIpc) is 2.34. The normalized spacial score (nSPS) is 12.5. The predicted molar refractivity (Wildman–Crippen MR) is 69.2 cm³/mol. The summed E-state index contributed by atoms with van der Waals surface area (Å²) in [5.74, 6) is 4.55. The van der Waals surface area contributed by atoms with Crippen LogP contribution in [0.25, 0.3) is 0 Å². The fraction of sp³-hybridized carbons (Fsp3) is 0.214. The molecule has 3 N–H and O–H groups in total. The number of aryl methyl sites for hydroxylation is 2. The zero-order chi connectivity index (χ0) is 14.0. The van der Waals surface area contributed by atoms with Crippen molar-refractivity contribution in [1.29, 1.82) is 0 Å². The SMILES string of the molecule is Cc1cc(C)c(C(NN)c2ccncc2F)c(F)c1. The predicted octanol–water partition coefficient (Wildman–Crippen LogP) is 2.53. The third kappa shape index (κ3) is 2.62. The summed E-state index contributed by atoms with van der Waals surface area (Å²) < 4.78 is 27.9. The summed E-state index contributed by atoms with van der Waals surface area (Å²) in [7, 11) is 0. The van der Waals surface area contributed by atoms with Crippen molar-refractivity contribution in [3.05, 3.63) is 64.5 Å². The highest BCUT2D eigenvalue weighted by molar-refractivity contribution is 5.39. The smallest absolute Gasteiger partial charge is 0.146 e. The number of rotatable bonds is 3. The van der Waals surface area contributed by atoms with E-state index in [1.165, 1.54) is 18.3 Å². The molecule has 0 aliphatic heterocycles. The van der Waals surface area contributed by atoms with Crippen molar-refractivity contribution in [3.63, 3.8) is 0 Å². The van der Waals surface area contributed by atoms with Crippen LogP contribution in [-0.4, -0.2) is 4.98 Å². The van der Waals surface area contributed by atoms with E-state index in [1.807, 2.05) is 6.07 Å². The van der Waals surface area contributed by atoms with Gasteiger partial charge < -0.3 is 0 Å². The van der Waals surface area contributed by atoms with E-state index in [9.17, 15) is 8.78 Å². The first-order chi connectivity index (χ1) is 9.04. The van der Waals surface area contributed by atoms with Crippen LogP contribution in [0.3, 0.4) is 0 Å². The third-order valence-electron chi connectivity index (χ3n) is 3.05. The van der Waals surface area contributed by atoms with E-state index in [0.717, 1.165) is 17.3 Å². The Kier molecular flexibility index (Phi) is 3.87. The highest BCUT2D eigenvalue weighted by Crippen LogP contribution is 2.28. The average molecular weight is 263 g/mol. The largest absolute Gasteiger partial charge is 0.271 e. The van der Waals surface area contributed by atoms with E-state index in [1.54, 1.807) is 13.8 Å². The number of hydrogen-bond acceptors (Lipinski definition) is 3. The molecule has 1 aromatic heterocycles. The first-order valence-electron chi connectivity index (χ1n) is 5.86. The van der Waals surface area contributed by atoms with Gasteiger partial charge in [-0.15, -0.1) is 0 Å². The lowest BCUT2D eigenvalue weighted by atomic mass is 9.94. The Balaban J connectivity index is 2.58. The number of pyridine rings is 1. The first-order valence-corrected chi connectivity index (χ1v) is 5.86. The maximum atomic E-state index is 14.1. The molecule has 0 amide bonds. The number of nitrogens with zero attached hydrogens (tertiary/aromatic N) is 1. The van der Waals surface area contributed by atoms with Crippen molar-refractivity contribution in [3.8, 4) is 0 Å². The van der Waals surface area contributed by atoms with Crippen LogP contribution < -0.4 is 11.3 Å². The van der Waals surface area contributed by atoms with Crippen LogP contribution in [0.4, 0.5) is 8.78 Å². The van der Waals surface area contributed by atoms with E-state index >= 15 is 0 Å². The molecular weight excluding hydrogens is 248 g/mol. The fourth-order valence-corrected chi connectivity index (χ4v) is 2.24. The number of hydrogen-bond donors (Lipinski definition) is 2. The molecule has 0 bridgehead atoms. The molecule has 1 atom stereocenters. The Labute approximate surface area is 110 Å². The molecule has 100 valence electrons. The van der Waals surface area contributed by atoms with Gasteiger partial charge in [0, 0.05) is 17.3 Å². The van der Waals surface area contributed by atoms with Crippen LogP contribution in [0.2, 0.25) is 0 Å². The van der Waals surface area contributed by atoms with Crippen molar-refractivity contribution in [2.45, 2.75) is 19.9 Å². The molecule has 3 nitrogen and oxygen atoms in total. The van der Waals surface area contributed by atoms with Crippen LogP contribution in [0.15, 0.2) is 30.6 Å². The van der Waals surface area contributed by atoms with Crippen molar-refractivity contribution in [2.24, 2.45) is 5.84 Å². The van der Waals surface area contributed by atoms with Crippen molar-refractivity contribution >= 4 is 0 Å². The molecule has 0 aliphatic rings. The number of nitrogens with two attached hydrogens (primary N) is 1. The fourth-order valence-electron chi connectivity index (χ4n) is 2.24. The Bertz CT molecular complexity index is 576. The highest BCUT2D eigenvalue weighted by atomic mass is 19.1. The van der Waals surface area contributed by atoms with Gasteiger partial charge in [-0.1, -0.05) is 6.07 Å². The second-order valence-electron chi connectivity index (χ2n) is 4.47. The molecule has 2 rings (SSSR count). The zero-order valence-electron chi connectivity index (χ0n) is 10.7. The van der Waals surface area contributed by atoms with Gasteiger partial charge in [0.15, 0.2) is 0 Å². The maximum absolute atomic E-state index is 14.1. The molecule has 1 aromatic carbocycles. The number of hydrazine groups is 1. The van der Waals surface area contributed by atoms with Crippen molar-refractivity contribution < 1.29 is 8.78 Å². The van der Waals surface area contributed by atoms with Crippen molar-refractivity contribution in [1.82, 2.24) is 10.4 Å². The lowest BCUT2D eigenvalue weighted by molar-refractivity contribution is 0.526. The van der Waals surface area contributed by atoms with Crippen molar-refractivity contribution in [2.75, 3.05) is 0 Å². The quantitative estimate of drug-likeness (QED) is 0.661. The lowest BCUT2D eigenvalue weighted by Crippen LogP contribution is -2.31. The Hall–Kier alpha value is -1.85. The molecule has 0 saturated heterocycles. The van der Waals surface area contributed by atoms with Gasteiger partial charge in [-0.3, -0.25) is 10.8 Å². The molecule has 2 aromatic rings. The van der Waals surface area contributed by atoms with Gasteiger partial charge in [0.1, 0.15) is 11.6 Å². The monoisotopic (exact) mass is 263 g/mol. The molecular formula is C14H15F2N3. The van der Waals surface area contributed by atoms with E-state index in [2.05, 4.69) is 10.4 Å². The molecule has 1 unspecified atom stereocenters. The van der Waals surface area contributed by atoms with E-state index in [0.29, 0.717) is 5.56 Å². The molecule has 19 heavy (non-hydrogen) atoms. The number of nitrogens with one attached hydrogen (secondary N) is 1. The van der Waals surface area contributed by atoms with Crippen LogP contribution in [0.5, 0.6) is 0 Å². The Morgan fingerprint density at radius 2 is 1.95 bits per heavy atom. The molecule has 0 radical (unpaired) electrons. The molecule has 1 heterocycles. The van der Waals surface area contributed by atoms with E-state index in [-0.39, 0.29) is 5.56 Å². The molecule has 0 spiro atoms. The van der Waals surface area contributed by atoms with Gasteiger partial charge in [0.05, 0.1) is 12.2 Å². The minimum atomic E-state index is -0.747. The minimum Gasteiger partial charge on any atom is -0.271 e. The van der Waals surface area contributed by atoms with Crippen LogP contribution in [0, 0.1) is 25.5 Å². The summed E-state index contributed by atoms with van der Waals surface area (Å²) in [6, 6.07) is 3.98. The van der Waals surface area contributed by atoms with Gasteiger partial charge in [-0.25, -0.2) is 14.2 Å². The molecule has 0 saturated carbocycles. The van der Waals surface area contributed by atoms with Crippen LogP contribution in [-0.2, 0) is 0 Å². The molecule has 0 fully saturated rings. The third-order valence-corrected chi connectivity index (χ3v) is 3.05. The van der Waals surface area contributed by atoms with Gasteiger partial charge in [0.25, 0.3) is 0 Å². The van der Waals surface area contributed by atoms with Crippen LogP contribution in [0.1, 0.15) is 28.3 Å². The minimum absolute atomic E-state index is 0.267. The highest BCUT2D eigenvalue weighted by Gasteiger charge is 2.22. The summed E-state index contributed by atoms with van der Waals surface area (Å²) in [6.45, 7) is 3.58. The van der Waals surface area contributed by atoms with Gasteiger partial charge >= 0.3 is 0 Å². The topological polar surface area (TPSA) is 50.9 Å². The first kappa shape index (κ1) is 13.6.